The van der Waals surface area contributed by atoms with E-state index in [2.05, 4.69) is 23.5 Å². The number of hydrogen-bond acceptors (Lipinski definition) is 2. The van der Waals surface area contributed by atoms with Crippen LogP contribution in [0.5, 0.6) is 0 Å². The minimum atomic E-state index is 0.272. The highest BCUT2D eigenvalue weighted by Crippen LogP contribution is 2.49. The highest BCUT2D eigenvalue weighted by molar-refractivity contribution is 6.30. The molecular weight excluding hydrogens is 282 g/mol. The van der Waals surface area contributed by atoms with Crippen molar-refractivity contribution in [2.24, 2.45) is 11.3 Å². The number of benzene rings is 1. The fourth-order valence-electron chi connectivity index (χ4n) is 3.87. The lowest BCUT2D eigenvalue weighted by molar-refractivity contribution is 0.0305. The van der Waals surface area contributed by atoms with Gasteiger partial charge in [-0.15, -0.1) is 0 Å². The van der Waals surface area contributed by atoms with E-state index in [0.29, 0.717) is 6.10 Å². The van der Waals surface area contributed by atoms with Gasteiger partial charge in [0, 0.05) is 29.6 Å². The van der Waals surface area contributed by atoms with Crippen LogP contribution in [-0.4, -0.2) is 25.3 Å². The van der Waals surface area contributed by atoms with Crippen molar-refractivity contribution < 1.29 is 4.74 Å². The van der Waals surface area contributed by atoms with E-state index in [1.807, 2.05) is 6.07 Å². The maximum Gasteiger partial charge on any atom is 0.0675 e. The summed E-state index contributed by atoms with van der Waals surface area (Å²) in [6, 6.07) is 9.14. The van der Waals surface area contributed by atoms with Gasteiger partial charge in [0.15, 0.2) is 0 Å². The van der Waals surface area contributed by atoms with Gasteiger partial charge in [0.1, 0.15) is 0 Å². The monoisotopic (exact) mass is 305 g/mol. The molecule has 3 fully saturated rings. The third kappa shape index (κ3) is 3.13. The van der Waals surface area contributed by atoms with Gasteiger partial charge in [-0.25, -0.2) is 0 Å². The molecule has 2 unspecified atom stereocenters. The first-order valence-electron chi connectivity index (χ1n) is 8.35. The Morgan fingerprint density at radius 3 is 2.81 bits per heavy atom. The molecule has 2 aliphatic carbocycles. The molecule has 2 atom stereocenters. The minimum absolute atomic E-state index is 0.272. The van der Waals surface area contributed by atoms with Crippen molar-refractivity contribution in [2.75, 3.05) is 13.2 Å². The Balaban J connectivity index is 1.55. The van der Waals surface area contributed by atoms with E-state index in [1.54, 1.807) is 0 Å². The molecule has 4 rings (SSSR count). The maximum absolute atomic E-state index is 6.18. The average Bonchev–Trinajstić information content (AvgIpc) is 3.38. The van der Waals surface area contributed by atoms with Crippen LogP contribution in [0, 0.1) is 11.3 Å². The Hall–Kier alpha value is -0.570. The molecule has 1 saturated heterocycles. The smallest absolute Gasteiger partial charge is 0.0675 e. The maximum atomic E-state index is 6.18. The zero-order valence-electron chi connectivity index (χ0n) is 12.5. The Kier molecular flexibility index (Phi) is 3.72. The molecule has 1 aliphatic heterocycles. The Morgan fingerprint density at radius 1 is 1.24 bits per heavy atom. The zero-order chi connectivity index (χ0) is 14.3. The summed E-state index contributed by atoms with van der Waals surface area (Å²) >= 11 is 6.18. The summed E-state index contributed by atoms with van der Waals surface area (Å²) in [5, 5.41) is 4.62. The molecule has 0 aromatic heterocycles. The van der Waals surface area contributed by atoms with Crippen LogP contribution in [0.25, 0.3) is 0 Å². The lowest BCUT2D eigenvalue weighted by Crippen LogP contribution is -2.44. The van der Waals surface area contributed by atoms with Crippen LogP contribution in [0.3, 0.4) is 0 Å². The largest absolute Gasteiger partial charge is 0.377 e. The number of nitrogens with one attached hydrogen (secondary N) is 1. The lowest BCUT2D eigenvalue weighted by atomic mass is 9.74. The Bertz CT molecular complexity index is 512. The summed E-state index contributed by atoms with van der Waals surface area (Å²) in [5.41, 5.74) is 1.63. The first-order valence-corrected chi connectivity index (χ1v) is 8.72. The molecule has 21 heavy (non-hydrogen) atoms. The van der Waals surface area contributed by atoms with E-state index in [0.717, 1.165) is 36.6 Å². The highest BCUT2D eigenvalue weighted by Gasteiger charge is 2.51. The summed E-state index contributed by atoms with van der Waals surface area (Å²) in [4.78, 5) is 0. The van der Waals surface area contributed by atoms with E-state index in [1.165, 1.54) is 37.7 Å². The molecule has 0 spiro atoms. The van der Waals surface area contributed by atoms with E-state index < -0.39 is 0 Å². The van der Waals surface area contributed by atoms with Crippen molar-refractivity contribution in [3.05, 3.63) is 34.9 Å². The second kappa shape index (κ2) is 5.57. The fourth-order valence-corrected chi connectivity index (χ4v) is 4.09. The summed E-state index contributed by atoms with van der Waals surface area (Å²) < 4.78 is 6.18. The van der Waals surface area contributed by atoms with Gasteiger partial charge in [-0.1, -0.05) is 23.7 Å². The number of hydrogen-bond donors (Lipinski definition) is 1. The summed E-state index contributed by atoms with van der Waals surface area (Å²) in [6.07, 6.45) is 8.12. The molecule has 1 aromatic rings. The van der Waals surface area contributed by atoms with Crippen molar-refractivity contribution in [1.29, 1.82) is 0 Å². The summed E-state index contributed by atoms with van der Waals surface area (Å²) in [5.74, 6) is 0.799. The first kappa shape index (κ1) is 14.0. The van der Waals surface area contributed by atoms with Gasteiger partial charge in [-0.2, -0.15) is 0 Å². The van der Waals surface area contributed by atoms with Crippen molar-refractivity contribution >= 4 is 11.6 Å². The van der Waals surface area contributed by atoms with Gasteiger partial charge in [0.05, 0.1) is 6.10 Å². The average molecular weight is 306 g/mol. The van der Waals surface area contributed by atoms with E-state index in [-0.39, 0.29) is 5.41 Å². The van der Waals surface area contributed by atoms with Gasteiger partial charge >= 0.3 is 0 Å². The van der Waals surface area contributed by atoms with Crippen LogP contribution in [0.2, 0.25) is 5.02 Å². The molecule has 1 heterocycles. The number of rotatable bonds is 6. The molecule has 0 bridgehead atoms. The van der Waals surface area contributed by atoms with Crippen molar-refractivity contribution in [2.45, 2.75) is 50.7 Å². The van der Waals surface area contributed by atoms with Crippen molar-refractivity contribution in [1.82, 2.24) is 5.32 Å². The third-order valence-corrected chi connectivity index (χ3v) is 5.55. The SMILES string of the molecule is Clc1cccc(CC2(CNC3CC3)CCOC2C2CC2)c1. The standard InChI is InChI=1S/C18H24ClNO/c19-15-3-1-2-13(10-15)11-18(12-20-16-6-7-16)8-9-21-17(18)14-4-5-14/h1-3,10,14,16-17,20H,4-9,11-12H2. The highest BCUT2D eigenvalue weighted by atomic mass is 35.5. The van der Waals surface area contributed by atoms with Crippen LogP contribution >= 0.6 is 11.6 Å². The van der Waals surface area contributed by atoms with Gasteiger partial charge in [0.25, 0.3) is 0 Å². The van der Waals surface area contributed by atoms with E-state index in [9.17, 15) is 0 Å². The minimum Gasteiger partial charge on any atom is -0.377 e. The molecule has 3 heteroatoms. The van der Waals surface area contributed by atoms with Crippen LogP contribution in [0.1, 0.15) is 37.7 Å². The van der Waals surface area contributed by atoms with Crippen LogP contribution in [-0.2, 0) is 11.2 Å². The van der Waals surface area contributed by atoms with E-state index >= 15 is 0 Å². The predicted molar refractivity (Wildman–Crippen MR) is 85.7 cm³/mol. The van der Waals surface area contributed by atoms with Gasteiger partial charge in [-0.05, 0) is 62.1 Å². The molecular formula is C18H24ClNO. The number of halogens is 1. The fraction of sp³-hybridized carbons (Fsp3) is 0.667. The van der Waals surface area contributed by atoms with Crippen LogP contribution in [0.15, 0.2) is 24.3 Å². The van der Waals surface area contributed by atoms with Crippen LogP contribution < -0.4 is 5.32 Å². The molecule has 1 N–H and O–H groups in total. The number of ether oxygens (including phenoxy) is 1. The summed E-state index contributed by atoms with van der Waals surface area (Å²) in [6.45, 7) is 2.03. The normalized spacial score (nSPS) is 32.5. The molecule has 114 valence electrons. The second-order valence-corrected chi connectivity index (χ2v) is 7.64. The van der Waals surface area contributed by atoms with E-state index in [4.69, 9.17) is 16.3 Å². The quantitative estimate of drug-likeness (QED) is 0.862. The molecule has 1 aromatic carbocycles. The molecule has 2 nitrogen and oxygen atoms in total. The Labute approximate surface area is 132 Å². The van der Waals surface area contributed by atoms with Gasteiger partial charge in [-0.3, -0.25) is 0 Å². The molecule has 0 radical (unpaired) electrons. The molecule has 3 aliphatic rings. The molecule has 0 amide bonds. The van der Waals surface area contributed by atoms with Crippen LogP contribution in [0.4, 0.5) is 0 Å². The zero-order valence-corrected chi connectivity index (χ0v) is 13.2. The van der Waals surface area contributed by atoms with Crippen molar-refractivity contribution in [3.8, 4) is 0 Å². The summed E-state index contributed by atoms with van der Waals surface area (Å²) in [7, 11) is 0. The third-order valence-electron chi connectivity index (χ3n) is 5.32. The first-order chi connectivity index (χ1) is 10.3. The predicted octanol–water partition coefficient (Wildman–Crippen LogP) is 3.82. The Morgan fingerprint density at radius 2 is 2.10 bits per heavy atom. The topological polar surface area (TPSA) is 21.3 Å². The molecule has 2 saturated carbocycles. The van der Waals surface area contributed by atoms with Crippen molar-refractivity contribution in [3.63, 3.8) is 0 Å². The second-order valence-electron chi connectivity index (χ2n) is 7.20. The van der Waals surface area contributed by atoms with Gasteiger partial charge < -0.3 is 10.1 Å². The van der Waals surface area contributed by atoms with Gasteiger partial charge in [0.2, 0.25) is 0 Å². The lowest BCUT2D eigenvalue weighted by Gasteiger charge is -2.35.